The summed E-state index contributed by atoms with van der Waals surface area (Å²) in [7, 11) is 0. The minimum atomic E-state index is -0.00772. The van der Waals surface area contributed by atoms with Gasteiger partial charge in [0, 0.05) is 11.8 Å². The Balaban J connectivity index is 3.15. The van der Waals surface area contributed by atoms with Crippen LogP contribution in [-0.4, -0.2) is 19.7 Å². The van der Waals surface area contributed by atoms with E-state index in [9.17, 15) is 0 Å². The number of hydrogen-bond acceptors (Lipinski definition) is 4. The van der Waals surface area contributed by atoms with E-state index in [4.69, 9.17) is 17.0 Å². The lowest BCUT2D eigenvalue weighted by Crippen LogP contribution is -1.85. The van der Waals surface area contributed by atoms with E-state index in [-0.39, 0.29) is 5.82 Å². The Hall–Kier alpha value is -1.15. The molecule has 0 aliphatic carbocycles. The summed E-state index contributed by atoms with van der Waals surface area (Å²) in [5, 5.41) is 17.6. The van der Waals surface area contributed by atoms with E-state index >= 15 is 0 Å². The largest absolute Gasteiger partial charge is 0.268 e. The van der Waals surface area contributed by atoms with Crippen molar-refractivity contribution < 1.29 is 0 Å². The van der Waals surface area contributed by atoms with Gasteiger partial charge in [0.05, 0.1) is 0 Å². The quantitative estimate of drug-likeness (QED) is 0.476. The van der Waals surface area contributed by atoms with Gasteiger partial charge in [0.1, 0.15) is 6.07 Å². The molecule has 0 saturated heterocycles. The molecule has 0 fully saturated rings. The molecule has 0 aliphatic rings. The standard InChI is InChI=1S/C2ClN5/c3-8-2(1-4)5-6-7-8. The van der Waals surface area contributed by atoms with Gasteiger partial charge in [-0.1, -0.05) is 5.10 Å². The van der Waals surface area contributed by atoms with Gasteiger partial charge in [-0.3, -0.25) is 0 Å². The average Bonchev–Trinajstić information content (AvgIpc) is 2.14. The highest BCUT2D eigenvalue weighted by atomic mass is 35.5. The summed E-state index contributed by atoms with van der Waals surface area (Å²) < 4.78 is 0.778. The predicted molar refractivity (Wildman–Crippen MR) is 23.8 cm³/mol. The summed E-state index contributed by atoms with van der Waals surface area (Å²) in [6.07, 6.45) is 0. The SMILES string of the molecule is N#Cc1nnnn1Cl. The molecule has 1 aromatic rings. The van der Waals surface area contributed by atoms with Crippen molar-refractivity contribution in [2.24, 2.45) is 0 Å². The van der Waals surface area contributed by atoms with E-state index in [2.05, 4.69) is 15.5 Å². The summed E-state index contributed by atoms with van der Waals surface area (Å²) in [5.41, 5.74) is 0. The third-order valence-electron chi connectivity index (χ3n) is 0.533. The van der Waals surface area contributed by atoms with Crippen molar-refractivity contribution >= 4 is 11.8 Å². The maximum Gasteiger partial charge on any atom is 0.268 e. The number of rotatable bonds is 0. The Morgan fingerprint density at radius 1 is 1.75 bits per heavy atom. The number of nitriles is 1. The minimum Gasteiger partial charge on any atom is -0.189 e. The second kappa shape index (κ2) is 1.76. The molecule has 1 aromatic heterocycles. The summed E-state index contributed by atoms with van der Waals surface area (Å²) in [6.45, 7) is 0. The van der Waals surface area contributed by atoms with Crippen molar-refractivity contribution in [1.29, 1.82) is 5.26 Å². The van der Waals surface area contributed by atoms with Crippen molar-refractivity contribution in [1.82, 2.24) is 19.7 Å². The smallest absolute Gasteiger partial charge is 0.189 e. The van der Waals surface area contributed by atoms with Gasteiger partial charge in [-0.15, -0.1) is 4.20 Å². The van der Waals surface area contributed by atoms with Gasteiger partial charge in [0.25, 0.3) is 5.82 Å². The molecule has 0 saturated carbocycles. The molecular formula is C2ClN5. The van der Waals surface area contributed by atoms with Gasteiger partial charge >= 0.3 is 0 Å². The van der Waals surface area contributed by atoms with Gasteiger partial charge in [-0.2, -0.15) is 5.26 Å². The molecule has 6 heteroatoms. The predicted octanol–water partition coefficient (Wildman–Crippen LogP) is -0.453. The molecule has 5 nitrogen and oxygen atoms in total. The van der Waals surface area contributed by atoms with Crippen molar-refractivity contribution in [3.05, 3.63) is 5.82 Å². The maximum atomic E-state index is 8.11. The molecule has 0 atom stereocenters. The van der Waals surface area contributed by atoms with Crippen LogP contribution in [0, 0.1) is 11.3 Å². The molecule has 0 unspecified atom stereocenters. The highest BCUT2D eigenvalue weighted by Gasteiger charge is 1.97. The van der Waals surface area contributed by atoms with Crippen LogP contribution in [-0.2, 0) is 0 Å². The summed E-state index contributed by atoms with van der Waals surface area (Å²) >= 11 is 5.20. The molecule has 40 valence electrons. The number of halogens is 1. The minimum absolute atomic E-state index is 0.00772. The second-order valence-electron chi connectivity index (χ2n) is 0.974. The van der Waals surface area contributed by atoms with E-state index in [0.717, 1.165) is 4.20 Å². The van der Waals surface area contributed by atoms with Gasteiger partial charge in [-0.05, 0) is 10.4 Å². The molecule has 1 rings (SSSR count). The molecular weight excluding hydrogens is 130 g/mol. The highest BCUT2D eigenvalue weighted by molar-refractivity contribution is 6.15. The van der Waals surface area contributed by atoms with Crippen LogP contribution in [0.5, 0.6) is 0 Å². The van der Waals surface area contributed by atoms with Crippen LogP contribution in [0.1, 0.15) is 5.82 Å². The Kier molecular flexibility index (Phi) is 1.10. The highest BCUT2D eigenvalue weighted by Crippen LogP contribution is 1.87. The van der Waals surface area contributed by atoms with E-state index in [1.807, 2.05) is 0 Å². The fourth-order valence-electron chi connectivity index (χ4n) is 0.240. The van der Waals surface area contributed by atoms with E-state index in [1.165, 1.54) is 0 Å². The molecule has 8 heavy (non-hydrogen) atoms. The average molecular weight is 130 g/mol. The van der Waals surface area contributed by atoms with Crippen molar-refractivity contribution in [2.45, 2.75) is 0 Å². The fraction of sp³-hybridized carbons (Fsp3) is 0. The summed E-state index contributed by atoms with van der Waals surface area (Å²) in [5.74, 6) is -0.00772. The first-order chi connectivity index (χ1) is 3.84. The first-order valence-electron chi connectivity index (χ1n) is 1.69. The normalized spacial score (nSPS) is 8.50. The lowest BCUT2D eigenvalue weighted by atomic mass is 10.7. The van der Waals surface area contributed by atoms with Crippen LogP contribution in [0.3, 0.4) is 0 Å². The Morgan fingerprint density at radius 2 is 2.50 bits per heavy atom. The second-order valence-corrected chi connectivity index (χ2v) is 1.29. The van der Waals surface area contributed by atoms with E-state index in [0.29, 0.717) is 0 Å². The van der Waals surface area contributed by atoms with Gasteiger partial charge in [0.2, 0.25) is 0 Å². The topological polar surface area (TPSA) is 67.4 Å². The zero-order chi connectivity index (χ0) is 5.98. The fourth-order valence-corrected chi connectivity index (χ4v) is 0.342. The number of aromatic nitrogens is 4. The maximum absolute atomic E-state index is 8.11. The third kappa shape index (κ3) is 0.611. The van der Waals surface area contributed by atoms with E-state index < -0.39 is 0 Å². The lowest BCUT2D eigenvalue weighted by Gasteiger charge is -1.74. The first kappa shape index (κ1) is 5.00. The molecule has 0 bridgehead atoms. The molecule has 0 amide bonds. The molecule has 0 N–H and O–H groups in total. The zero-order valence-corrected chi connectivity index (χ0v) is 4.37. The van der Waals surface area contributed by atoms with Gasteiger partial charge in [0.15, 0.2) is 0 Å². The zero-order valence-electron chi connectivity index (χ0n) is 3.61. The van der Waals surface area contributed by atoms with Crippen LogP contribution >= 0.6 is 11.8 Å². The monoisotopic (exact) mass is 129 g/mol. The lowest BCUT2D eigenvalue weighted by molar-refractivity contribution is 0.845. The van der Waals surface area contributed by atoms with Gasteiger partial charge < -0.3 is 0 Å². The van der Waals surface area contributed by atoms with E-state index in [1.54, 1.807) is 6.07 Å². The summed E-state index contributed by atoms with van der Waals surface area (Å²) in [6, 6.07) is 1.67. The van der Waals surface area contributed by atoms with Crippen LogP contribution in [0.2, 0.25) is 0 Å². The summed E-state index contributed by atoms with van der Waals surface area (Å²) in [4.78, 5) is 0. The van der Waals surface area contributed by atoms with Crippen LogP contribution in [0.25, 0.3) is 0 Å². The number of nitrogens with zero attached hydrogens (tertiary/aromatic N) is 5. The molecule has 0 aromatic carbocycles. The number of tetrazole rings is 1. The Bertz CT molecular complexity index is 221. The van der Waals surface area contributed by atoms with Crippen LogP contribution in [0.4, 0.5) is 0 Å². The van der Waals surface area contributed by atoms with Gasteiger partial charge in [-0.25, -0.2) is 0 Å². The van der Waals surface area contributed by atoms with Crippen LogP contribution < -0.4 is 0 Å². The Morgan fingerprint density at radius 3 is 2.75 bits per heavy atom. The third-order valence-corrected chi connectivity index (χ3v) is 0.760. The van der Waals surface area contributed by atoms with Crippen LogP contribution in [0.15, 0.2) is 0 Å². The molecule has 0 radical (unpaired) electrons. The Labute approximate surface area is 49.6 Å². The van der Waals surface area contributed by atoms with Crippen molar-refractivity contribution in [2.75, 3.05) is 0 Å². The van der Waals surface area contributed by atoms with Crippen molar-refractivity contribution in [3.8, 4) is 6.07 Å². The first-order valence-corrected chi connectivity index (χ1v) is 2.03. The molecule has 1 heterocycles. The molecule has 0 aliphatic heterocycles. The number of hydrogen-bond donors (Lipinski definition) is 0. The molecule has 0 spiro atoms. The van der Waals surface area contributed by atoms with Crippen molar-refractivity contribution in [3.63, 3.8) is 0 Å².